The average molecular weight is 438 g/mol. The minimum Gasteiger partial charge on any atom is -0.361 e. The van der Waals surface area contributed by atoms with Gasteiger partial charge < -0.3 is 4.52 Å². The van der Waals surface area contributed by atoms with Crippen LogP contribution in [0, 0.1) is 6.92 Å². The first-order valence-electron chi connectivity index (χ1n) is 9.93. The number of rotatable bonds is 5. The van der Waals surface area contributed by atoms with Crippen LogP contribution in [0.5, 0.6) is 0 Å². The van der Waals surface area contributed by atoms with Crippen LogP contribution < -0.4 is 0 Å². The lowest BCUT2D eigenvalue weighted by Gasteiger charge is -2.14. The number of benzene rings is 1. The zero-order chi connectivity index (χ0) is 20.5. The predicted octanol–water partition coefficient (Wildman–Crippen LogP) is 5.45. The van der Waals surface area contributed by atoms with Crippen molar-refractivity contribution in [3.8, 4) is 17.1 Å². The number of halogens is 1. The van der Waals surface area contributed by atoms with E-state index in [4.69, 9.17) is 16.1 Å². The van der Waals surface area contributed by atoms with E-state index in [1.165, 1.54) is 18.4 Å². The molecule has 0 atom stereocenters. The van der Waals surface area contributed by atoms with Crippen molar-refractivity contribution in [3.05, 3.63) is 70.3 Å². The molecule has 1 aliphatic rings. The van der Waals surface area contributed by atoms with E-state index in [9.17, 15) is 0 Å². The van der Waals surface area contributed by atoms with Gasteiger partial charge in [-0.3, -0.25) is 9.55 Å². The molecule has 4 aromatic rings. The van der Waals surface area contributed by atoms with Gasteiger partial charge in [-0.2, -0.15) is 0 Å². The summed E-state index contributed by atoms with van der Waals surface area (Å²) in [5, 5.41) is 14.8. The van der Waals surface area contributed by atoms with E-state index in [2.05, 4.69) is 24.9 Å². The Hall–Kier alpha value is -2.64. The summed E-state index contributed by atoms with van der Waals surface area (Å²) >= 11 is 8.04. The zero-order valence-electron chi connectivity index (χ0n) is 16.5. The fourth-order valence-electron chi connectivity index (χ4n) is 3.80. The second-order valence-corrected chi connectivity index (χ2v) is 8.64. The maximum absolute atomic E-state index is 6.43. The second-order valence-electron chi connectivity index (χ2n) is 7.29. The van der Waals surface area contributed by atoms with Crippen LogP contribution in [0.4, 0.5) is 0 Å². The van der Waals surface area contributed by atoms with Crippen LogP contribution in [0.3, 0.4) is 0 Å². The van der Waals surface area contributed by atoms with Gasteiger partial charge in [0.05, 0.1) is 11.4 Å². The smallest absolute Gasteiger partial charge is 0.196 e. The zero-order valence-corrected chi connectivity index (χ0v) is 18.1. The highest BCUT2D eigenvalue weighted by Crippen LogP contribution is 2.34. The number of aromatic nitrogens is 5. The van der Waals surface area contributed by atoms with Gasteiger partial charge in [0.15, 0.2) is 11.0 Å². The molecular weight excluding hydrogens is 418 g/mol. The first-order chi connectivity index (χ1) is 14.7. The highest BCUT2D eigenvalue weighted by Gasteiger charge is 2.22. The van der Waals surface area contributed by atoms with E-state index in [0.29, 0.717) is 10.8 Å². The molecule has 3 aromatic heterocycles. The maximum Gasteiger partial charge on any atom is 0.196 e. The molecule has 0 fully saturated rings. The van der Waals surface area contributed by atoms with Crippen LogP contribution in [0.15, 0.2) is 52.4 Å². The van der Waals surface area contributed by atoms with E-state index in [0.717, 1.165) is 52.1 Å². The van der Waals surface area contributed by atoms with Gasteiger partial charge in [-0.1, -0.05) is 34.6 Å². The minimum atomic E-state index is 0.687. The highest BCUT2D eigenvalue weighted by molar-refractivity contribution is 7.98. The third-order valence-electron chi connectivity index (χ3n) is 5.42. The number of fused-ring (bicyclic) bond motifs is 1. The van der Waals surface area contributed by atoms with Crippen molar-refractivity contribution in [2.45, 2.75) is 43.5 Å². The van der Waals surface area contributed by atoms with Crippen molar-refractivity contribution in [1.82, 2.24) is 24.9 Å². The van der Waals surface area contributed by atoms with Crippen molar-refractivity contribution < 1.29 is 4.52 Å². The standard InChI is InChI=1S/C22H20ClN5OS/c1-14-17(23)6-4-7-19(14)28-21(15-9-11-24-12-10-15)25-26-22(28)30-13-18-16-5-2-3-8-20(16)29-27-18/h4,6-7,9-12H,2-3,5,8,13H2,1H3. The quantitative estimate of drug-likeness (QED) is 0.386. The molecule has 152 valence electrons. The van der Waals surface area contributed by atoms with Gasteiger partial charge in [-0.25, -0.2) is 0 Å². The minimum absolute atomic E-state index is 0.687. The molecule has 0 amide bonds. The van der Waals surface area contributed by atoms with Gasteiger partial charge in [0.2, 0.25) is 0 Å². The Kier molecular flexibility index (Phi) is 5.31. The number of hydrogen-bond donors (Lipinski definition) is 0. The molecule has 0 spiro atoms. The summed E-state index contributed by atoms with van der Waals surface area (Å²) in [6.45, 7) is 2.01. The Bertz CT molecular complexity index is 1190. The number of thioether (sulfide) groups is 1. The molecule has 0 aliphatic heterocycles. The lowest BCUT2D eigenvalue weighted by molar-refractivity contribution is 0.369. The van der Waals surface area contributed by atoms with E-state index >= 15 is 0 Å². The molecule has 0 radical (unpaired) electrons. The van der Waals surface area contributed by atoms with Gasteiger partial charge in [-0.15, -0.1) is 10.2 Å². The van der Waals surface area contributed by atoms with Gasteiger partial charge in [0.1, 0.15) is 5.76 Å². The molecule has 0 unspecified atom stereocenters. The van der Waals surface area contributed by atoms with Gasteiger partial charge in [0, 0.05) is 40.7 Å². The molecule has 30 heavy (non-hydrogen) atoms. The molecule has 1 aliphatic carbocycles. The van der Waals surface area contributed by atoms with Crippen molar-refractivity contribution in [1.29, 1.82) is 0 Å². The number of aryl methyl sites for hydroxylation is 1. The summed E-state index contributed by atoms with van der Waals surface area (Å²) in [5.41, 5.74) is 5.17. The summed E-state index contributed by atoms with van der Waals surface area (Å²) in [7, 11) is 0. The van der Waals surface area contributed by atoms with Crippen LogP contribution in [-0.4, -0.2) is 24.9 Å². The maximum atomic E-state index is 6.43. The Morgan fingerprint density at radius 2 is 1.93 bits per heavy atom. The first-order valence-corrected chi connectivity index (χ1v) is 11.3. The molecule has 6 nitrogen and oxygen atoms in total. The Morgan fingerprint density at radius 1 is 1.10 bits per heavy atom. The third-order valence-corrected chi connectivity index (χ3v) is 6.77. The molecule has 0 bridgehead atoms. The number of pyridine rings is 1. The first kappa shape index (κ1) is 19.3. The largest absolute Gasteiger partial charge is 0.361 e. The SMILES string of the molecule is Cc1c(Cl)cccc1-n1c(SCc2noc3c2CCCC3)nnc1-c1ccncc1. The molecule has 1 aromatic carbocycles. The van der Waals surface area contributed by atoms with E-state index in [-0.39, 0.29) is 0 Å². The normalized spacial score (nSPS) is 13.4. The van der Waals surface area contributed by atoms with Crippen molar-refractivity contribution >= 4 is 23.4 Å². The topological polar surface area (TPSA) is 69.6 Å². The molecule has 0 saturated carbocycles. The van der Waals surface area contributed by atoms with Crippen molar-refractivity contribution in [3.63, 3.8) is 0 Å². The van der Waals surface area contributed by atoms with Crippen molar-refractivity contribution in [2.75, 3.05) is 0 Å². The summed E-state index contributed by atoms with van der Waals surface area (Å²) in [6.07, 6.45) is 7.90. The van der Waals surface area contributed by atoms with E-state index in [1.807, 2.05) is 37.3 Å². The van der Waals surface area contributed by atoms with Crippen LogP contribution in [0.25, 0.3) is 17.1 Å². The lowest BCUT2D eigenvalue weighted by atomic mass is 9.97. The Balaban J connectivity index is 1.55. The number of hydrogen-bond acceptors (Lipinski definition) is 6. The molecule has 0 saturated heterocycles. The second kappa shape index (κ2) is 8.24. The Labute approximate surface area is 183 Å². The van der Waals surface area contributed by atoms with Crippen LogP contribution in [0.1, 0.15) is 35.4 Å². The fraction of sp³-hybridized carbons (Fsp3) is 0.273. The highest BCUT2D eigenvalue weighted by atomic mass is 35.5. The summed E-state index contributed by atoms with van der Waals surface area (Å²) in [5.74, 6) is 2.49. The van der Waals surface area contributed by atoms with Crippen LogP contribution >= 0.6 is 23.4 Å². The van der Waals surface area contributed by atoms with Gasteiger partial charge in [-0.05, 0) is 56.0 Å². The van der Waals surface area contributed by atoms with E-state index in [1.54, 1.807) is 24.2 Å². The fourth-order valence-corrected chi connectivity index (χ4v) is 4.88. The molecule has 8 heteroatoms. The lowest BCUT2D eigenvalue weighted by Crippen LogP contribution is -2.03. The molecular formula is C22H20ClN5OS. The van der Waals surface area contributed by atoms with Crippen LogP contribution in [0.2, 0.25) is 5.02 Å². The third kappa shape index (κ3) is 3.52. The predicted molar refractivity (Wildman–Crippen MR) is 117 cm³/mol. The van der Waals surface area contributed by atoms with E-state index < -0.39 is 0 Å². The monoisotopic (exact) mass is 437 g/mol. The summed E-state index contributed by atoms with van der Waals surface area (Å²) < 4.78 is 7.63. The van der Waals surface area contributed by atoms with Crippen LogP contribution in [-0.2, 0) is 18.6 Å². The summed E-state index contributed by atoms with van der Waals surface area (Å²) in [6, 6.07) is 9.75. The van der Waals surface area contributed by atoms with Gasteiger partial charge >= 0.3 is 0 Å². The average Bonchev–Trinajstić information content (AvgIpc) is 3.39. The molecule has 3 heterocycles. The molecule has 0 N–H and O–H groups in total. The Morgan fingerprint density at radius 3 is 2.80 bits per heavy atom. The molecule has 5 rings (SSSR count). The van der Waals surface area contributed by atoms with Gasteiger partial charge in [0.25, 0.3) is 0 Å². The van der Waals surface area contributed by atoms with Crippen molar-refractivity contribution in [2.24, 2.45) is 0 Å². The number of nitrogens with zero attached hydrogens (tertiary/aromatic N) is 5. The summed E-state index contributed by atoms with van der Waals surface area (Å²) in [4.78, 5) is 4.12.